The highest BCUT2D eigenvalue weighted by Gasteiger charge is 2.30. The summed E-state index contributed by atoms with van der Waals surface area (Å²) < 4.78 is 6.72. The smallest absolute Gasteiger partial charge is 0.410 e. The molecule has 0 aromatic carbocycles. The third kappa shape index (κ3) is 3.36. The number of hydrogen-bond acceptors (Lipinski definition) is 6. The lowest BCUT2D eigenvalue weighted by Crippen LogP contribution is -2.40. The van der Waals surface area contributed by atoms with E-state index in [1.807, 2.05) is 20.8 Å². The second-order valence-corrected chi connectivity index (χ2v) is 6.49. The summed E-state index contributed by atoms with van der Waals surface area (Å²) in [5, 5.41) is 14.2. The molecule has 0 radical (unpaired) electrons. The molecule has 0 unspecified atom stereocenters. The van der Waals surface area contributed by atoms with Gasteiger partial charge in [-0.05, 0) is 20.8 Å². The first-order valence-electron chi connectivity index (χ1n) is 7.53. The SMILES string of the molecule is CC(C)(C)OC(=O)N1CCc2[nH]nc(C(=O)Nn3cnnc3)c2C1. The van der Waals surface area contributed by atoms with Crippen LogP contribution in [0.3, 0.4) is 0 Å². The minimum Gasteiger partial charge on any atom is -0.444 e. The van der Waals surface area contributed by atoms with Crippen molar-refractivity contribution < 1.29 is 14.3 Å². The Bertz CT molecular complexity index is 745. The molecule has 1 aliphatic rings. The third-order valence-electron chi connectivity index (χ3n) is 3.45. The Morgan fingerprint density at radius 2 is 2.00 bits per heavy atom. The van der Waals surface area contributed by atoms with Crippen LogP contribution in [0.15, 0.2) is 12.7 Å². The maximum atomic E-state index is 12.3. The lowest BCUT2D eigenvalue weighted by atomic mass is 10.1. The largest absolute Gasteiger partial charge is 0.444 e. The summed E-state index contributed by atoms with van der Waals surface area (Å²) in [5.74, 6) is -0.404. The molecule has 24 heavy (non-hydrogen) atoms. The van der Waals surface area contributed by atoms with Crippen LogP contribution >= 0.6 is 0 Å². The molecule has 2 N–H and O–H groups in total. The van der Waals surface area contributed by atoms with Gasteiger partial charge in [0.2, 0.25) is 0 Å². The van der Waals surface area contributed by atoms with E-state index in [0.717, 1.165) is 5.69 Å². The minimum absolute atomic E-state index is 0.243. The van der Waals surface area contributed by atoms with Crippen LogP contribution in [0.25, 0.3) is 0 Å². The summed E-state index contributed by atoms with van der Waals surface area (Å²) >= 11 is 0. The highest BCUT2D eigenvalue weighted by Crippen LogP contribution is 2.22. The molecule has 0 atom stereocenters. The Morgan fingerprint density at radius 3 is 2.67 bits per heavy atom. The van der Waals surface area contributed by atoms with E-state index in [1.165, 1.54) is 17.3 Å². The number of nitrogens with one attached hydrogen (secondary N) is 2. The van der Waals surface area contributed by atoms with Crippen molar-refractivity contribution in [1.82, 2.24) is 30.0 Å². The van der Waals surface area contributed by atoms with Gasteiger partial charge in [0, 0.05) is 24.2 Å². The van der Waals surface area contributed by atoms with Gasteiger partial charge in [0.25, 0.3) is 5.91 Å². The molecule has 0 saturated heterocycles. The molecule has 0 bridgehead atoms. The van der Waals surface area contributed by atoms with Gasteiger partial charge in [0.15, 0.2) is 5.69 Å². The first-order valence-corrected chi connectivity index (χ1v) is 7.53. The van der Waals surface area contributed by atoms with Crippen molar-refractivity contribution in [3.63, 3.8) is 0 Å². The van der Waals surface area contributed by atoms with Crippen LogP contribution < -0.4 is 5.43 Å². The second kappa shape index (κ2) is 5.95. The first-order chi connectivity index (χ1) is 11.3. The number of amides is 2. The van der Waals surface area contributed by atoms with Gasteiger partial charge >= 0.3 is 6.09 Å². The number of H-pyrrole nitrogens is 1. The zero-order valence-corrected chi connectivity index (χ0v) is 13.7. The van der Waals surface area contributed by atoms with Gasteiger partial charge < -0.3 is 9.64 Å². The topological polar surface area (TPSA) is 118 Å². The zero-order valence-electron chi connectivity index (χ0n) is 13.7. The van der Waals surface area contributed by atoms with Crippen molar-refractivity contribution >= 4 is 12.0 Å². The van der Waals surface area contributed by atoms with Crippen LogP contribution in [0.5, 0.6) is 0 Å². The molecule has 10 nitrogen and oxygen atoms in total. The van der Waals surface area contributed by atoms with Crippen LogP contribution in [0.1, 0.15) is 42.5 Å². The quantitative estimate of drug-likeness (QED) is 0.834. The predicted octanol–water partition coefficient (Wildman–Crippen LogP) is 0.678. The molecule has 0 saturated carbocycles. The van der Waals surface area contributed by atoms with Gasteiger partial charge in [-0.15, -0.1) is 10.2 Å². The molecule has 2 aromatic rings. The van der Waals surface area contributed by atoms with E-state index in [2.05, 4.69) is 25.8 Å². The summed E-state index contributed by atoms with van der Waals surface area (Å²) in [6, 6.07) is 0. The van der Waals surface area contributed by atoms with Gasteiger partial charge in [-0.3, -0.25) is 15.3 Å². The fourth-order valence-corrected chi connectivity index (χ4v) is 2.39. The second-order valence-electron chi connectivity index (χ2n) is 6.49. The molecule has 128 valence electrons. The maximum absolute atomic E-state index is 12.3. The summed E-state index contributed by atoms with van der Waals surface area (Å²) in [5.41, 5.74) is 3.81. The van der Waals surface area contributed by atoms with E-state index < -0.39 is 17.6 Å². The fraction of sp³-hybridized carbons (Fsp3) is 0.500. The van der Waals surface area contributed by atoms with Gasteiger partial charge in [-0.25, -0.2) is 9.47 Å². The molecule has 1 aliphatic heterocycles. The molecular formula is C14H19N7O3. The minimum atomic E-state index is -0.567. The zero-order chi connectivity index (χ0) is 17.3. The van der Waals surface area contributed by atoms with E-state index in [9.17, 15) is 9.59 Å². The molecule has 0 fully saturated rings. The van der Waals surface area contributed by atoms with Crippen molar-refractivity contribution in [3.05, 3.63) is 29.6 Å². The van der Waals surface area contributed by atoms with E-state index in [1.54, 1.807) is 4.90 Å². The monoisotopic (exact) mass is 333 g/mol. The maximum Gasteiger partial charge on any atom is 0.410 e. The fourth-order valence-electron chi connectivity index (χ4n) is 2.39. The van der Waals surface area contributed by atoms with Crippen LogP contribution in [-0.2, 0) is 17.7 Å². The first kappa shape index (κ1) is 16.0. The summed E-state index contributed by atoms with van der Waals surface area (Å²) in [6.45, 7) is 6.23. The Hall–Kier alpha value is -2.91. The number of nitrogens with zero attached hydrogens (tertiary/aromatic N) is 5. The van der Waals surface area contributed by atoms with Crippen molar-refractivity contribution in [2.45, 2.75) is 39.3 Å². The highest BCUT2D eigenvalue weighted by molar-refractivity contribution is 5.99. The van der Waals surface area contributed by atoms with Gasteiger partial charge in [-0.2, -0.15) is 5.10 Å². The molecule has 2 aromatic heterocycles. The number of ether oxygens (including phenoxy) is 1. The number of fused-ring (bicyclic) bond motifs is 1. The molecule has 0 spiro atoms. The van der Waals surface area contributed by atoms with E-state index in [0.29, 0.717) is 18.5 Å². The van der Waals surface area contributed by atoms with Crippen LogP contribution in [0, 0.1) is 0 Å². The molecule has 3 heterocycles. The number of aromatic amines is 1. The number of aromatic nitrogens is 5. The Kier molecular flexibility index (Phi) is 3.96. The number of hydrogen-bond donors (Lipinski definition) is 2. The van der Waals surface area contributed by atoms with Crippen molar-refractivity contribution in [1.29, 1.82) is 0 Å². The van der Waals surface area contributed by atoms with Gasteiger partial charge in [-0.1, -0.05) is 0 Å². The van der Waals surface area contributed by atoms with E-state index in [4.69, 9.17) is 4.74 Å². The van der Waals surface area contributed by atoms with E-state index >= 15 is 0 Å². The third-order valence-corrected chi connectivity index (χ3v) is 3.45. The van der Waals surface area contributed by atoms with E-state index in [-0.39, 0.29) is 12.2 Å². The number of carbonyl (C=O) groups is 2. The average Bonchev–Trinajstić information content (AvgIpc) is 3.13. The lowest BCUT2D eigenvalue weighted by molar-refractivity contribution is 0.0222. The van der Waals surface area contributed by atoms with Gasteiger partial charge in [0.1, 0.15) is 18.3 Å². The van der Waals surface area contributed by atoms with Crippen LogP contribution in [-0.4, -0.2) is 54.1 Å². The average molecular weight is 333 g/mol. The standard InChI is InChI=1S/C14H19N7O3/c1-14(2,3)24-13(23)20-5-4-10-9(6-20)11(18-17-10)12(22)19-21-7-15-16-8-21/h7-8H,4-6H2,1-3H3,(H,17,18)(H,19,22). The van der Waals surface area contributed by atoms with Crippen molar-refractivity contribution in [2.75, 3.05) is 12.0 Å². The molecule has 2 amide bonds. The molecule has 0 aliphatic carbocycles. The molecule has 3 rings (SSSR count). The Morgan fingerprint density at radius 1 is 1.29 bits per heavy atom. The number of rotatable bonds is 2. The van der Waals surface area contributed by atoms with Crippen LogP contribution in [0.2, 0.25) is 0 Å². The summed E-state index contributed by atoms with van der Waals surface area (Å²) in [6.07, 6.45) is 2.91. The summed E-state index contributed by atoms with van der Waals surface area (Å²) in [7, 11) is 0. The van der Waals surface area contributed by atoms with Crippen molar-refractivity contribution in [2.24, 2.45) is 0 Å². The predicted molar refractivity (Wildman–Crippen MR) is 82.6 cm³/mol. The molecular weight excluding hydrogens is 314 g/mol. The lowest BCUT2D eigenvalue weighted by Gasteiger charge is -2.30. The Balaban J connectivity index is 1.75. The summed E-state index contributed by atoms with van der Waals surface area (Å²) in [4.78, 5) is 26.1. The van der Waals surface area contributed by atoms with Crippen LogP contribution in [0.4, 0.5) is 4.79 Å². The normalized spacial score (nSPS) is 14.2. The molecule has 10 heteroatoms. The van der Waals surface area contributed by atoms with Crippen molar-refractivity contribution in [3.8, 4) is 0 Å². The Labute approximate surface area is 138 Å². The number of carbonyl (C=O) groups excluding carboxylic acids is 2. The highest BCUT2D eigenvalue weighted by atomic mass is 16.6. The van der Waals surface area contributed by atoms with Gasteiger partial charge in [0.05, 0.1) is 6.54 Å².